The Kier molecular flexibility index (Phi) is 5.72. The predicted molar refractivity (Wildman–Crippen MR) is 95.1 cm³/mol. The standard InChI is InChI=1S/C15H18ClN3O3S2/c16-15-18-10-13(23-15)9-17-11-3-5-14(6-4-11)24(20,21)19-8-12-2-1-7-22-12/h3-6,10,12,17,19H,1-2,7-9H2. The number of ether oxygens (including phenoxy) is 1. The maximum atomic E-state index is 12.3. The summed E-state index contributed by atoms with van der Waals surface area (Å²) >= 11 is 7.19. The van der Waals surface area contributed by atoms with Crippen LogP contribution < -0.4 is 10.0 Å². The van der Waals surface area contributed by atoms with Crippen molar-refractivity contribution in [3.8, 4) is 0 Å². The van der Waals surface area contributed by atoms with Crippen LogP contribution in [-0.4, -0.2) is 32.7 Å². The van der Waals surface area contributed by atoms with E-state index in [0.29, 0.717) is 24.2 Å². The summed E-state index contributed by atoms with van der Waals surface area (Å²) < 4.78 is 33.1. The number of nitrogens with zero attached hydrogens (tertiary/aromatic N) is 1. The number of benzene rings is 1. The average Bonchev–Trinajstić information content (AvgIpc) is 3.23. The van der Waals surface area contributed by atoms with Crippen molar-refractivity contribution in [1.82, 2.24) is 9.71 Å². The Morgan fingerprint density at radius 3 is 2.75 bits per heavy atom. The van der Waals surface area contributed by atoms with Gasteiger partial charge < -0.3 is 10.1 Å². The smallest absolute Gasteiger partial charge is 0.240 e. The molecule has 1 aliphatic rings. The number of rotatable bonds is 7. The molecule has 0 bridgehead atoms. The Morgan fingerprint density at radius 2 is 2.12 bits per heavy atom. The molecule has 0 amide bonds. The summed E-state index contributed by atoms with van der Waals surface area (Å²) in [6.07, 6.45) is 3.57. The Balaban J connectivity index is 1.56. The molecular formula is C15H18ClN3O3S2. The summed E-state index contributed by atoms with van der Waals surface area (Å²) in [5.74, 6) is 0. The lowest BCUT2D eigenvalue weighted by atomic mass is 10.2. The molecule has 0 spiro atoms. The van der Waals surface area contributed by atoms with E-state index in [-0.39, 0.29) is 11.0 Å². The molecule has 1 unspecified atom stereocenters. The maximum Gasteiger partial charge on any atom is 0.240 e. The van der Waals surface area contributed by atoms with Gasteiger partial charge in [0, 0.05) is 29.9 Å². The van der Waals surface area contributed by atoms with Crippen LogP contribution in [0.15, 0.2) is 35.4 Å². The van der Waals surface area contributed by atoms with Gasteiger partial charge in [-0.25, -0.2) is 18.1 Å². The summed E-state index contributed by atoms with van der Waals surface area (Å²) in [6, 6.07) is 6.65. The van der Waals surface area contributed by atoms with Gasteiger partial charge in [0.25, 0.3) is 0 Å². The molecule has 2 aromatic rings. The second-order valence-electron chi connectivity index (χ2n) is 5.44. The van der Waals surface area contributed by atoms with E-state index in [1.165, 1.54) is 11.3 Å². The zero-order valence-electron chi connectivity index (χ0n) is 12.9. The van der Waals surface area contributed by atoms with E-state index in [2.05, 4.69) is 15.0 Å². The SMILES string of the molecule is O=S(=O)(NCC1CCCO1)c1ccc(NCc2cnc(Cl)s2)cc1. The summed E-state index contributed by atoms with van der Waals surface area (Å²) in [4.78, 5) is 5.23. The first kappa shape index (κ1) is 17.6. The van der Waals surface area contributed by atoms with Gasteiger partial charge in [-0.05, 0) is 37.1 Å². The van der Waals surface area contributed by atoms with Gasteiger partial charge in [-0.2, -0.15) is 0 Å². The van der Waals surface area contributed by atoms with Crippen molar-refractivity contribution in [2.45, 2.75) is 30.4 Å². The highest BCUT2D eigenvalue weighted by Crippen LogP contribution is 2.20. The number of hydrogen-bond donors (Lipinski definition) is 2. The van der Waals surface area contributed by atoms with E-state index in [9.17, 15) is 8.42 Å². The van der Waals surface area contributed by atoms with Gasteiger partial charge in [0.15, 0.2) is 4.47 Å². The molecule has 2 heterocycles. The minimum absolute atomic E-state index is 0.0213. The average molecular weight is 388 g/mol. The fourth-order valence-corrected chi connectivity index (χ4v) is 4.38. The number of halogens is 1. The summed E-state index contributed by atoms with van der Waals surface area (Å²) in [7, 11) is -3.51. The topological polar surface area (TPSA) is 80.3 Å². The lowest BCUT2D eigenvalue weighted by molar-refractivity contribution is 0.114. The van der Waals surface area contributed by atoms with Gasteiger partial charge in [-0.15, -0.1) is 11.3 Å². The van der Waals surface area contributed by atoms with Gasteiger partial charge in [-0.3, -0.25) is 0 Å². The lowest BCUT2D eigenvalue weighted by Gasteiger charge is -2.12. The van der Waals surface area contributed by atoms with Gasteiger partial charge in [0.2, 0.25) is 10.0 Å². The second kappa shape index (κ2) is 7.79. The molecule has 0 saturated carbocycles. The number of sulfonamides is 1. The molecule has 0 aliphatic carbocycles. The van der Waals surface area contributed by atoms with Crippen LogP contribution in [0.2, 0.25) is 4.47 Å². The van der Waals surface area contributed by atoms with Crippen LogP contribution in [0.1, 0.15) is 17.7 Å². The number of aromatic nitrogens is 1. The minimum Gasteiger partial charge on any atom is -0.380 e. The van der Waals surface area contributed by atoms with E-state index < -0.39 is 10.0 Å². The van der Waals surface area contributed by atoms with Crippen LogP contribution >= 0.6 is 22.9 Å². The second-order valence-corrected chi connectivity index (χ2v) is 8.91. The molecule has 24 heavy (non-hydrogen) atoms. The Bertz CT molecular complexity index is 772. The fraction of sp³-hybridized carbons (Fsp3) is 0.400. The number of hydrogen-bond acceptors (Lipinski definition) is 6. The maximum absolute atomic E-state index is 12.3. The third-order valence-electron chi connectivity index (χ3n) is 3.68. The number of anilines is 1. The highest BCUT2D eigenvalue weighted by Gasteiger charge is 2.20. The lowest BCUT2D eigenvalue weighted by Crippen LogP contribution is -2.31. The number of thiazole rings is 1. The molecule has 3 rings (SSSR count). The quantitative estimate of drug-likeness (QED) is 0.763. The summed E-state index contributed by atoms with van der Waals surface area (Å²) in [5, 5.41) is 3.21. The van der Waals surface area contributed by atoms with E-state index >= 15 is 0 Å². The zero-order chi connectivity index (χ0) is 17.0. The molecule has 0 radical (unpaired) electrons. The number of nitrogens with one attached hydrogen (secondary N) is 2. The summed E-state index contributed by atoms with van der Waals surface area (Å²) in [5.41, 5.74) is 0.831. The molecule has 1 saturated heterocycles. The molecule has 1 aliphatic heterocycles. The van der Waals surface area contributed by atoms with Crippen LogP contribution in [0.25, 0.3) is 0 Å². The molecule has 130 valence electrons. The van der Waals surface area contributed by atoms with Crippen LogP contribution in [0.4, 0.5) is 5.69 Å². The van der Waals surface area contributed by atoms with E-state index in [1.807, 2.05) is 0 Å². The zero-order valence-corrected chi connectivity index (χ0v) is 15.3. The van der Waals surface area contributed by atoms with Gasteiger partial charge in [-0.1, -0.05) is 11.6 Å². The van der Waals surface area contributed by atoms with Gasteiger partial charge in [0.1, 0.15) is 0 Å². The van der Waals surface area contributed by atoms with Crippen molar-refractivity contribution >= 4 is 38.6 Å². The van der Waals surface area contributed by atoms with Crippen molar-refractivity contribution in [2.24, 2.45) is 0 Å². The largest absolute Gasteiger partial charge is 0.380 e. The third-order valence-corrected chi connectivity index (χ3v) is 6.24. The van der Waals surface area contributed by atoms with Crippen LogP contribution in [0, 0.1) is 0 Å². The fourth-order valence-electron chi connectivity index (χ4n) is 2.40. The first-order chi connectivity index (χ1) is 11.5. The van der Waals surface area contributed by atoms with Crippen molar-refractivity contribution < 1.29 is 13.2 Å². The third kappa shape index (κ3) is 4.67. The molecule has 1 atom stereocenters. The normalized spacial score (nSPS) is 18.0. The summed E-state index contributed by atoms with van der Waals surface area (Å²) in [6.45, 7) is 1.61. The molecule has 2 N–H and O–H groups in total. The Morgan fingerprint density at radius 1 is 1.33 bits per heavy atom. The van der Waals surface area contributed by atoms with Crippen LogP contribution in [0.3, 0.4) is 0 Å². The Hall–Kier alpha value is -1.19. The van der Waals surface area contributed by atoms with Crippen LogP contribution in [0.5, 0.6) is 0 Å². The minimum atomic E-state index is -3.51. The monoisotopic (exact) mass is 387 g/mol. The molecule has 1 aromatic heterocycles. The molecule has 1 aromatic carbocycles. The van der Waals surface area contributed by atoms with Crippen molar-refractivity contribution in [2.75, 3.05) is 18.5 Å². The first-order valence-electron chi connectivity index (χ1n) is 7.58. The van der Waals surface area contributed by atoms with E-state index in [0.717, 1.165) is 23.4 Å². The highest BCUT2D eigenvalue weighted by molar-refractivity contribution is 7.89. The van der Waals surface area contributed by atoms with Crippen molar-refractivity contribution in [1.29, 1.82) is 0 Å². The molecule has 6 nitrogen and oxygen atoms in total. The predicted octanol–water partition coefficient (Wildman–Crippen LogP) is 2.87. The molecule has 1 fully saturated rings. The first-order valence-corrected chi connectivity index (χ1v) is 10.3. The van der Waals surface area contributed by atoms with Crippen molar-refractivity contribution in [3.63, 3.8) is 0 Å². The van der Waals surface area contributed by atoms with Gasteiger partial charge in [0.05, 0.1) is 17.5 Å². The van der Waals surface area contributed by atoms with E-state index in [1.54, 1.807) is 30.5 Å². The van der Waals surface area contributed by atoms with Crippen LogP contribution in [-0.2, 0) is 21.3 Å². The molecular weight excluding hydrogens is 370 g/mol. The van der Waals surface area contributed by atoms with E-state index in [4.69, 9.17) is 16.3 Å². The van der Waals surface area contributed by atoms with Crippen molar-refractivity contribution in [3.05, 3.63) is 39.8 Å². The highest BCUT2D eigenvalue weighted by atomic mass is 35.5. The Labute approximate surface area is 150 Å². The molecule has 9 heteroatoms. The van der Waals surface area contributed by atoms with Gasteiger partial charge >= 0.3 is 0 Å².